The van der Waals surface area contributed by atoms with Crippen molar-refractivity contribution in [3.63, 3.8) is 0 Å². The lowest BCUT2D eigenvalue weighted by Gasteiger charge is -2.15. The Bertz CT molecular complexity index is 405. The summed E-state index contributed by atoms with van der Waals surface area (Å²) in [5.41, 5.74) is -0.532. The average Bonchev–Trinajstić information content (AvgIpc) is 2.76. The molecule has 1 aliphatic rings. The monoisotopic (exact) mass is 276 g/mol. The number of thioether (sulfide) groups is 1. The van der Waals surface area contributed by atoms with E-state index in [-0.39, 0.29) is 11.4 Å². The summed E-state index contributed by atoms with van der Waals surface area (Å²) < 4.78 is 43.7. The number of hydrogen-bond acceptors (Lipinski definition) is 2. The lowest BCUT2D eigenvalue weighted by Crippen LogP contribution is -2.09. The van der Waals surface area contributed by atoms with Crippen LogP contribution in [0.2, 0.25) is 0 Å². The van der Waals surface area contributed by atoms with Gasteiger partial charge in [0.25, 0.3) is 0 Å². The van der Waals surface area contributed by atoms with Crippen LogP contribution >= 0.6 is 11.8 Å². The van der Waals surface area contributed by atoms with Gasteiger partial charge in [-0.2, -0.15) is 13.2 Å². The molecule has 2 atom stereocenters. The molecule has 0 aliphatic heterocycles. The van der Waals surface area contributed by atoms with E-state index in [2.05, 4.69) is 0 Å². The predicted octanol–water partition coefficient (Wildman–Crippen LogP) is 4.37. The van der Waals surface area contributed by atoms with E-state index in [0.29, 0.717) is 4.90 Å². The van der Waals surface area contributed by atoms with Gasteiger partial charge in [-0.25, -0.2) is 0 Å². The van der Waals surface area contributed by atoms with Crippen molar-refractivity contribution in [2.24, 2.45) is 0 Å². The molecule has 1 fully saturated rings. The Hall–Kier alpha value is -0.680. The number of ether oxygens (including phenoxy) is 1. The SMILES string of the molecule is COC1CCC(Sc2ccccc2C(F)(F)F)C1. The number of methoxy groups -OCH3 is 1. The molecular formula is C13H15F3OS. The van der Waals surface area contributed by atoms with Crippen molar-refractivity contribution >= 4 is 11.8 Å². The minimum Gasteiger partial charge on any atom is -0.381 e. The van der Waals surface area contributed by atoms with E-state index in [1.54, 1.807) is 19.2 Å². The molecule has 0 saturated heterocycles. The third-order valence-corrected chi connectivity index (χ3v) is 4.53. The average molecular weight is 276 g/mol. The topological polar surface area (TPSA) is 9.23 Å². The molecule has 2 rings (SSSR count). The van der Waals surface area contributed by atoms with Crippen molar-refractivity contribution in [3.05, 3.63) is 29.8 Å². The number of hydrogen-bond donors (Lipinski definition) is 0. The molecule has 0 heterocycles. The Kier molecular flexibility index (Phi) is 4.22. The van der Waals surface area contributed by atoms with E-state index in [4.69, 9.17) is 4.74 Å². The van der Waals surface area contributed by atoms with Gasteiger partial charge in [-0.05, 0) is 31.4 Å². The van der Waals surface area contributed by atoms with Crippen LogP contribution in [-0.4, -0.2) is 18.5 Å². The van der Waals surface area contributed by atoms with E-state index in [1.807, 2.05) is 0 Å². The summed E-state index contributed by atoms with van der Waals surface area (Å²) >= 11 is 1.32. The first kappa shape index (κ1) is 13.7. The summed E-state index contributed by atoms with van der Waals surface area (Å²) in [6.45, 7) is 0. The zero-order chi connectivity index (χ0) is 13.2. The minimum atomic E-state index is -4.27. The normalized spacial score (nSPS) is 24.4. The Morgan fingerprint density at radius 3 is 2.56 bits per heavy atom. The van der Waals surface area contributed by atoms with Crippen molar-refractivity contribution in [3.8, 4) is 0 Å². The molecule has 1 saturated carbocycles. The van der Waals surface area contributed by atoms with Crippen LogP contribution in [0, 0.1) is 0 Å². The second-order valence-corrected chi connectivity index (χ2v) is 5.75. The van der Waals surface area contributed by atoms with Gasteiger partial charge in [0.15, 0.2) is 0 Å². The van der Waals surface area contributed by atoms with Gasteiger partial charge in [0.1, 0.15) is 0 Å². The third kappa shape index (κ3) is 3.20. The highest BCUT2D eigenvalue weighted by Crippen LogP contribution is 2.41. The summed E-state index contributed by atoms with van der Waals surface area (Å²) in [6.07, 6.45) is -1.41. The zero-order valence-corrected chi connectivity index (χ0v) is 10.9. The van der Waals surface area contributed by atoms with Gasteiger partial charge in [0, 0.05) is 17.3 Å². The molecule has 100 valence electrons. The van der Waals surface area contributed by atoms with Crippen LogP contribution < -0.4 is 0 Å². The van der Waals surface area contributed by atoms with Gasteiger partial charge in [-0.3, -0.25) is 0 Å². The van der Waals surface area contributed by atoms with Crippen LogP contribution in [0.5, 0.6) is 0 Å². The predicted molar refractivity (Wildman–Crippen MR) is 65.7 cm³/mol. The lowest BCUT2D eigenvalue weighted by molar-refractivity contribution is -0.139. The molecule has 0 spiro atoms. The van der Waals surface area contributed by atoms with Crippen LogP contribution in [0.25, 0.3) is 0 Å². The van der Waals surface area contributed by atoms with Gasteiger partial charge >= 0.3 is 6.18 Å². The van der Waals surface area contributed by atoms with Crippen molar-refractivity contribution in [2.45, 2.75) is 41.7 Å². The van der Waals surface area contributed by atoms with E-state index in [1.165, 1.54) is 17.8 Å². The van der Waals surface area contributed by atoms with Crippen LogP contribution in [-0.2, 0) is 10.9 Å². The van der Waals surface area contributed by atoms with Gasteiger partial charge in [-0.1, -0.05) is 12.1 Å². The van der Waals surface area contributed by atoms with Crippen LogP contribution in [0.3, 0.4) is 0 Å². The molecule has 1 nitrogen and oxygen atoms in total. The second kappa shape index (κ2) is 5.53. The Balaban J connectivity index is 2.10. The van der Waals surface area contributed by atoms with E-state index >= 15 is 0 Å². The van der Waals surface area contributed by atoms with Crippen LogP contribution in [0.15, 0.2) is 29.2 Å². The Labute approximate surface area is 109 Å². The van der Waals surface area contributed by atoms with Crippen molar-refractivity contribution in [1.82, 2.24) is 0 Å². The number of halogens is 3. The lowest BCUT2D eigenvalue weighted by atomic mass is 10.2. The highest BCUT2D eigenvalue weighted by molar-refractivity contribution is 8.00. The Morgan fingerprint density at radius 2 is 1.94 bits per heavy atom. The molecule has 1 aromatic carbocycles. The highest BCUT2D eigenvalue weighted by atomic mass is 32.2. The van der Waals surface area contributed by atoms with Crippen molar-refractivity contribution in [1.29, 1.82) is 0 Å². The first-order valence-corrected chi connectivity index (χ1v) is 6.74. The number of benzene rings is 1. The number of alkyl halides is 3. The molecule has 0 radical (unpaired) electrons. The maximum absolute atomic E-state index is 12.8. The van der Waals surface area contributed by atoms with Crippen molar-refractivity contribution < 1.29 is 17.9 Å². The molecule has 0 bridgehead atoms. The first-order chi connectivity index (χ1) is 8.50. The molecule has 0 aromatic heterocycles. The van der Waals surface area contributed by atoms with Gasteiger partial charge in [0.2, 0.25) is 0 Å². The molecule has 5 heteroatoms. The molecule has 0 amide bonds. The first-order valence-electron chi connectivity index (χ1n) is 5.86. The smallest absolute Gasteiger partial charge is 0.381 e. The van der Waals surface area contributed by atoms with Crippen molar-refractivity contribution in [2.75, 3.05) is 7.11 Å². The summed E-state index contributed by atoms with van der Waals surface area (Å²) in [5, 5.41) is 0.221. The van der Waals surface area contributed by atoms with Crippen LogP contribution in [0.1, 0.15) is 24.8 Å². The standard InChI is InChI=1S/C13H15F3OS/c1-17-9-6-7-10(8-9)18-12-5-3-2-4-11(12)13(14,15)16/h2-5,9-10H,6-8H2,1H3. The third-order valence-electron chi connectivity index (χ3n) is 3.16. The fraction of sp³-hybridized carbons (Fsp3) is 0.538. The minimum absolute atomic E-state index is 0.195. The molecule has 1 aliphatic carbocycles. The molecule has 2 unspecified atom stereocenters. The summed E-state index contributed by atoms with van der Waals surface area (Å²) in [4.78, 5) is 0.326. The van der Waals surface area contributed by atoms with Crippen LogP contribution in [0.4, 0.5) is 13.2 Å². The van der Waals surface area contributed by atoms with E-state index in [0.717, 1.165) is 25.3 Å². The molecule has 18 heavy (non-hydrogen) atoms. The fourth-order valence-electron chi connectivity index (χ4n) is 2.20. The fourth-order valence-corrected chi connectivity index (χ4v) is 3.60. The maximum atomic E-state index is 12.8. The largest absolute Gasteiger partial charge is 0.417 e. The zero-order valence-electron chi connectivity index (χ0n) is 10.0. The maximum Gasteiger partial charge on any atom is 0.417 e. The summed E-state index contributed by atoms with van der Waals surface area (Å²) in [5.74, 6) is 0. The van der Waals surface area contributed by atoms with E-state index < -0.39 is 11.7 Å². The molecule has 0 N–H and O–H groups in total. The van der Waals surface area contributed by atoms with Gasteiger partial charge < -0.3 is 4.74 Å². The molecule has 1 aromatic rings. The number of rotatable bonds is 3. The highest BCUT2D eigenvalue weighted by Gasteiger charge is 2.34. The molecular weight excluding hydrogens is 261 g/mol. The van der Waals surface area contributed by atoms with Gasteiger partial charge in [0.05, 0.1) is 11.7 Å². The van der Waals surface area contributed by atoms with Gasteiger partial charge in [-0.15, -0.1) is 11.8 Å². The summed E-state index contributed by atoms with van der Waals surface area (Å²) in [6, 6.07) is 5.78. The Morgan fingerprint density at radius 1 is 1.22 bits per heavy atom. The summed E-state index contributed by atoms with van der Waals surface area (Å²) in [7, 11) is 1.65. The second-order valence-electron chi connectivity index (χ2n) is 4.40. The quantitative estimate of drug-likeness (QED) is 0.811. The van der Waals surface area contributed by atoms with E-state index in [9.17, 15) is 13.2 Å².